The van der Waals surface area contributed by atoms with Crippen molar-refractivity contribution >= 4 is 28.6 Å². The van der Waals surface area contributed by atoms with Gasteiger partial charge < -0.3 is 19.4 Å². The van der Waals surface area contributed by atoms with Crippen molar-refractivity contribution < 1.29 is 22.3 Å². The van der Waals surface area contributed by atoms with Gasteiger partial charge in [-0.2, -0.15) is 18.2 Å². The molecule has 4 aromatic rings. The second kappa shape index (κ2) is 8.74. The lowest BCUT2D eigenvalue weighted by molar-refractivity contribution is -0.141. The predicted octanol–water partition coefficient (Wildman–Crippen LogP) is 3.26. The number of aromatic nitrogens is 5. The molecule has 0 aliphatic carbocycles. The zero-order valence-electron chi connectivity index (χ0n) is 17.9. The van der Waals surface area contributed by atoms with Gasteiger partial charge in [0, 0.05) is 37.9 Å². The molecule has 0 unspecified atom stereocenters. The summed E-state index contributed by atoms with van der Waals surface area (Å²) < 4.78 is 48.8. The fraction of sp³-hybridized carbons (Fsp3) is 0.286. The van der Waals surface area contributed by atoms with Gasteiger partial charge in [0.25, 0.3) is 0 Å². The maximum atomic E-state index is 12.8. The summed E-state index contributed by atoms with van der Waals surface area (Å²) in [4.78, 5) is 23.4. The number of fused-ring (bicyclic) bond motifs is 1. The minimum absolute atomic E-state index is 0.226. The molecule has 176 valence electrons. The maximum Gasteiger partial charge on any atom is 0.436 e. The van der Waals surface area contributed by atoms with Crippen molar-refractivity contribution in [2.45, 2.75) is 6.18 Å². The van der Waals surface area contributed by atoms with Gasteiger partial charge in [0.15, 0.2) is 11.5 Å². The van der Waals surface area contributed by atoms with E-state index in [-0.39, 0.29) is 11.8 Å². The highest BCUT2D eigenvalue weighted by molar-refractivity contribution is 5.95. The average molecular weight is 472 g/mol. The molecule has 10 nitrogen and oxygen atoms in total. The second-order valence-electron chi connectivity index (χ2n) is 7.43. The third-order valence-electron chi connectivity index (χ3n) is 5.24. The number of anilines is 3. The Bertz CT molecular complexity index is 1320. The highest BCUT2D eigenvalue weighted by Gasteiger charge is 2.35. The summed E-state index contributed by atoms with van der Waals surface area (Å²) in [5.41, 5.74) is 0.0686. The van der Waals surface area contributed by atoms with Crippen LogP contribution in [0.4, 0.5) is 30.8 Å². The van der Waals surface area contributed by atoms with Gasteiger partial charge in [-0.1, -0.05) is 0 Å². The molecule has 0 amide bonds. The van der Waals surface area contributed by atoms with Crippen molar-refractivity contribution in [3.8, 4) is 17.1 Å². The Labute approximate surface area is 191 Å². The number of hydrogen-bond acceptors (Lipinski definition) is 10. The van der Waals surface area contributed by atoms with Crippen LogP contribution in [0.15, 0.2) is 41.4 Å². The number of pyridine rings is 2. The number of hydrogen-bond donors (Lipinski definition) is 2. The highest BCUT2D eigenvalue weighted by Crippen LogP contribution is 2.34. The van der Waals surface area contributed by atoms with E-state index in [1.54, 1.807) is 31.6 Å². The zero-order valence-corrected chi connectivity index (χ0v) is 17.9. The lowest BCUT2D eigenvalue weighted by Crippen LogP contribution is -2.44. The molecular formula is C21H19F3N8O2. The fourth-order valence-corrected chi connectivity index (χ4v) is 3.63. The number of rotatable bonds is 5. The Morgan fingerprint density at radius 1 is 1.15 bits per heavy atom. The van der Waals surface area contributed by atoms with E-state index in [9.17, 15) is 13.2 Å². The van der Waals surface area contributed by atoms with Crippen LogP contribution >= 0.6 is 0 Å². The van der Waals surface area contributed by atoms with Crippen molar-refractivity contribution in [1.29, 1.82) is 0 Å². The van der Waals surface area contributed by atoms with E-state index in [0.29, 0.717) is 28.9 Å². The molecule has 13 heteroatoms. The van der Waals surface area contributed by atoms with Crippen molar-refractivity contribution in [2.24, 2.45) is 0 Å². The maximum absolute atomic E-state index is 12.8. The number of ether oxygens (including phenoxy) is 1. The number of alkyl halides is 3. The summed E-state index contributed by atoms with van der Waals surface area (Å²) in [6.07, 6.45) is 0.691. The molecule has 0 radical (unpaired) electrons. The third-order valence-corrected chi connectivity index (χ3v) is 5.24. The fourth-order valence-electron chi connectivity index (χ4n) is 3.63. The van der Waals surface area contributed by atoms with E-state index in [4.69, 9.17) is 14.1 Å². The van der Waals surface area contributed by atoms with Crippen LogP contribution in [0.3, 0.4) is 0 Å². The molecule has 5 rings (SSSR count). The first kappa shape index (κ1) is 21.8. The van der Waals surface area contributed by atoms with Gasteiger partial charge in [-0.3, -0.25) is 10.3 Å². The number of nitrogens with one attached hydrogen (secondary N) is 2. The van der Waals surface area contributed by atoms with Crippen molar-refractivity contribution in [1.82, 2.24) is 30.2 Å². The van der Waals surface area contributed by atoms with Crippen LogP contribution in [0.25, 0.3) is 22.3 Å². The van der Waals surface area contributed by atoms with Gasteiger partial charge in [0.2, 0.25) is 0 Å². The first-order chi connectivity index (χ1) is 16.4. The van der Waals surface area contributed by atoms with Crippen molar-refractivity contribution in [2.75, 3.05) is 43.5 Å². The van der Waals surface area contributed by atoms with E-state index < -0.39 is 11.9 Å². The van der Waals surface area contributed by atoms with Crippen LogP contribution in [0.2, 0.25) is 0 Å². The van der Waals surface area contributed by atoms with Crippen LogP contribution in [0, 0.1) is 0 Å². The number of oxazole rings is 1. The summed E-state index contributed by atoms with van der Waals surface area (Å²) >= 11 is 0. The van der Waals surface area contributed by atoms with E-state index in [0.717, 1.165) is 37.4 Å². The van der Waals surface area contributed by atoms with Crippen LogP contribution < -0.4 is 20.3 Å². The van der Waals surface area contributed by atoms with E-state index in [1.165, 1.54) is 6.20 Å². The van der Waals surface area contributed by atoms with Gasteiger partial charge in [0.05, 0.1) is 30.4 Å². The molecule has 1 aliphatic heterocycles. The molecule has 5 heterocycles. The molecule has 4 aromatic heterocycles. The van der Waals surface area contributed by atoms with E-state index >= 15 is 0 Å². The SMILES string of the molecule is COc1cncc2nc(-c3ccnc(Nc4nc(C(F)(F)F)co4)c3)nc(N3CCNCC3)c12. The molecule has 34 heavy (non-hydrogen) atoms. The number of halogens is 3. The average Bonchev–Trinajstić information content (AvgIpc) is 3.33. The molecule has 0 saturated carbocycles. The molecule has 0 bridgehead atoms. The smallest absolute Gasteiger partial charge is 0.436 e. The summed E-state index contributed by atoms with van der Waals surface area (Å²) in [7, 11) is 1.57. The number of nitrogens with zero attached hydrogens (tertiary/aromatic N) is 6. The summed E-state index contributed by atoms with van der Waals surface area (Å²) in [5, 5.41) is 6.72. The second-order valence-corrected chi connectivity index (χ2v) is 7.43. The van der Waals surface area contributed by atoms with Crippen molar-refractivity contribution in [3.05, 3.63) is 42.7 Å². The standard InChI is InChI=1S/C21H19F3N8O2/c1-33-14-10-26-9-13-17(14)19(32-6-4-25-5-7-32)31-18(28-13)12-2-3-27-16(8-12)30-20-29-15(11-34-20)21(22,23)24/h2-3,8-11,25H,4-7H2,1H3,(H,27,29,30). The lowest BCUT2D eigenvalue weighted by atomic mass is 10.2. The Balaban J connectivity index is 1.53. The monoisotopic (exact) mass is 472 g/mol. The minimum atomic E-state index is -4.60. The first-order valence-electron chi connectivity index (χ1n) is 10.3. The molecule has 0 spiro atoms. The summed E-state index contributed by atoms with van der Waals surface area (Å²) in [5.74, 6) is 1.92. The van der Waals surface area contributed by atoms with Gasteiger partial charge in [-0.15, -0.1) is 0 Å². The molecule has 1 saturated heterocycles. The van der Waals surface area contributed by atoms with Crippen LogP contribution in [-0.2, 0) is 6.18 Å². The van der Waals surface area contributed by atoms with Gasteiger partial charge in [-0.25, -0.2) is 15.0 Å². The molecule has 0 aromatic carbocycles. The normalized spacial score (nSPS) is 14.4. The van der Waals surface area contributed by atoms with Crippen molar-refractivity contribution in [3.63, 3.8) is 0 Å². The highest BCUT2D eigenvalue weighted by atomic mass is 19.4. The quantitative estimate of drug-likeness (QED) is 0.449. The Morgan fingerprint density at radius 2 is 1.97 bits per heavy atom. The third kappa shape index (κ3) is 4.29. The zero-order chi connectivity index (χ0) is 23.7. The molecule has 2 N–H and O–H groups in total. The molecule has 1 aliphatic rings. The molecule has 0 atom stereocenters. The lowest BCUT2D eigenvalue weighted by Gasteiger charge is -2.29. The Morgan fingerprint density at radius 3 is 2.71 bits per heavy atom. The van der Waals surface area contributed by atoms with E-state index in [2.05, 4.69) is 35.5 Å². The Hall–Kier alpha value is -4.00. The number of methoxy groups -OCH3 is 1. The van der Waals surface area contributed by atoms with Gasteiger partial charge in [0.1, 0.15) is 23.6 Å². The summed E-state index contributed by atoms with van der Waals surface area (Å²) in [6, 6.07) is 2.98. The van der Waals surface area contributed by atoms with Crippen LogP contribution in [-0.4, -0.2) is 58.2 Å². The van der Waals surface area contributed by atoms with Crippen LogP contribution in [0.5, 0.6) is 5.75 Å². The van der Waals surface area contributed by atoms with Gasteiger partial charge in [-0.05, 0) is 12.1 Å². The Kier molecular flexibility index (Phi) is 5.61. The largest absolute Gasteiger partial charge is 0.494 e. The minimum Gasteiger partial charge on any atom is -0.494 e. The topological polar surface area (TPSA) is 114 Å². The predicted molar refractivity (Wildman–Crippen MR) is 117 cm³/mol. The molecular weight excluding hydrogens is 453 g/mol. The van der Waals surface area contributed by atoms with E-state index in [1.807, 2.05) is 0 Å². The van der Waals surface area contributed by atoms with Gasteiger partial charge >= 0.3 is 12.2 Å². The molecule has 1 fully saturated rings. The number of piperazine rings is 1. The first-order valence-corrected chi connectivity index (χ1v) is 10.3. The summed E-state index contributed by atoms with van der Waals surface area (Å²) in [6.45, 7) is 3.14. The van der Waals surface area contributed by atoms with Crippen LogP contribution in [0.1, 0.15) is 5.69 Å².